The van der Waals surface area contributed by atoms with Crippen LogP contribution in [-0.4, -0.2) is 30.5 Å². The molecule has 0 unspecified atom stereocenters. The number of nitrogens with zero attached hydrogens (tertiary/aromatic N) is 3. The number of anilines is 1. The number of hydrogen-bond donors (Lipinski definition) is 2. The van der Waals surface area contributed by atoms with Crippen LogP contribution in [0.1, 0.15) is 38.5 Å². The molecule has 0 aliphatic carbocycles. The van der Waals surface area contributed by atoms with Crippen LogP contribution >= 0.6 is 0 Å². The van der Waals surface area contributed by atoms with Gasteiger partial charge in [0.2, 0.25) is 12.2 Å². The number of unbranched alkanes of at least 4 members (excludes halogenated alkanes) is 5. The van der Waals surface area contributed by atoms with Crippen molar-refractivity contribution in [1.82, 2.24) is 10.3 Å². The molecule has 0 fully saturated rings. The number of nitriles is 1. The Labute approximate surface area is 185 Å². The van der Waals surface area contributed by atoms with Crippen molar-refractivity contribution in [2.45, 2.75) is 44.9 Å². The van der Waals surface area contributed by atoms with E-state index in [-0.39, 0.29) is 11.5 Å². The first-order chi connectivity index (χ1) is 15.5. The van der Waals surface area contributed by atoms with E-state index in [9.17, 15) is 13.2 Å². The topological polar surface area (TPSA) is 91.6 Å². The second-order valence-electron chi connectivity index (χ2n) is 6.81. The summed E-state index contributed by atoms with van der Waals surface area (Å²) in [6.07, 6.45) is 5.92. The maximum Gasteiger partial charge on any atom is 0.573 e. The number of ether oxygens (including phenoxy) is 2. The maximum absolute atomic E-state index is 12.4. The van der Waals surface area contributed by atoms with Gasteiger partial charge < -0.3 is 20.1 Å². The molecule has 0 amide bonds. The Bertz CT molecular complexity index is 870. The number of alkyl halides is 3. The minimum absolute atomic E-state index is 0.0890. The van der Waals surface area contributed by atoms with E-state index in [2.05, 4.69) is 25.3 Å². The summed E-state index contributed by atoms with van der Waals surface area (Å²) >= 11 is 0. The second-order valence-corrected chi connectivity index (χ2v) is 6.81. The number of para-hydroxylation sites is 2. The Morgan fingerprint density at radius 3 is 2.31 bits per heavy atom. The molecule has 0 bridgehead atoms. The smallest absolute Gasteiger partial charge is 0.490 e. The van der Waals surface area contributed by atoms with Gasteiger partial charge in [0.25, 0.3) is 0 Å². The van der Waals surface area contributed by atoms with Gasteiger partial charge in [0.1, 0.15) is 0 Å². The van der Waals surface area contributed by atoms with Gasteiger partial charge in [-0.25, -0.2) is 0 Å². The molecule has 10 heteroatoms. The zero-order valence-electron chi connectivity index (χ0n) is 17.6. The van der Waals surface area contributed by atoms with Gasteiger partial charge in [-0.2, -0.15) is 5.26 Å². The highest BCUT2D eigenvalue weighted by molar-refractivity contribution is 5.94. The first-order valence-corrected chi connectivity index (χ1v) is 10.3. The summed E-state index contributed by atoms with van der Waals surface area (Å²) in [5.41, 5.74) is 0.788. The van der Waals surface area contributed by atoms with Crippen molar-refractivity contribution >= 4 is 11.6 Å². The average molecular weight is 449 g/mol. The van der Waals surface area contributed by atoms with Gasteiger partial charge in [-0.05, 0) is 37.1 Å². The van der Waals surface area contributed by atoms with Crippen LogP contribution < -0.4 is 20.1 Å². The van der Waals surface area contributed by atoms with E-state index in [1.165, 1.54) is 18.2 Å². The van der Waals surface area contributed by atoms with Crippen LogP contribution in [0.25, 0.3) is 0 Å². The third-order valence-corrected chi connectivity index (χ3v) is 4.30. The van der Waals surface area contributed by atoms with Crippen LogP contribution in [0.5, 0.6) is 11.5 Å². The molecule has 2 N–H and O–H groups in total. The predicted molar refractivity (Wildman–Crippen MR) is 115 cm³/mol. The van der Waals surface area contributed by atoms with Crippen LogP contribution in [0.2, 0.25) is 0 Å². The maximum atomic E-state index is 12.4. The number of guanidine groups is 1. The van der Waals surface area contributed by atoms with Gasteiger partial charge >= 0.3 is 6.36 Å². The molecule has 7 nitrogen and oxygen atoms in total. The van der Waals surface area contributed by atoms with Crippen LogP contribution in [0.15, 0.2) is 53.8 Å². The quantitative estimate of drug-likeness (QED) is 0.199. The third-order valence-electron chi connectivity index (χ3n) is 4.30. The molecule has 0 saturated heterocycles. The first-order valence-electron chi connectivity index (χ1n) is 10.3. The van der Waals surface area contributed by atoms with Crippen molar-refractivity contribution in [2.75, 3.05) is 18.5 Å². The molecule has 1 aromatic carbocycles. The first kappa shape index (κ1) is 24.8. The lowest BCUT2D eigenvalue weighted by Crippen LogP contribution is -2.31. The van der Waals surface area contributed by atoms with Gasteiger partial charge in [-0.1, -0.05) is 37.8 Å². The fourth-order valence-electron chi connectivity index (χ4n) is 2.84. The van der Waals surface area contributed by atoms with E-state index in [1.807, 2.05) is 0 Å². The number of aliphatic imine (C=N–C) groups is 1. The summed E-state index contributed by atoms with van der Waals surface area (Å²) in [5, 5.41) is 14.9. The summed E-state index contributed by atoms with van der Waals surface area (Å²) in [5.74, 6) is 0.155. The SMILES string of the molecule is N#C/N=C(\NCCCCCCCCOc1ccccc1OC(F)(F)F)Nc1ccncc1. The van der Waals surface area contributed by atoms with Crippen LogP contribution in [0, 0.1) is 11.5 Å². The van der Waals surface area contributed by atoms with Gasteiger partial charge in [0, 0.05) is 24.6 Å². The van der Waals surface area contributed by atoms with Crippen LogP contribution in [0.3, 0.4) is 0 Å². The van der Waals surface area contributed by atoms with E-state index < -0.39 is 6.36 Å². The summed E-state index contributed by atoms with van der Waals surface area (Å²) in [6, 6.07) is 9.32. The van der Waals surface area contributed by atoms with Crippen molar-refractivity contribution < 1.29 is 22.6 Å². The minimum Gasteiger partial charge on any atom is -0.490 e. The number of benzene rings is 1. The molecule has 0 saturated carbocycles. The average Bonchev–Trinajstić information content (AvgIpc) is 2.76. The third kappa shape index (κ3) is 10.5. The van der Waals surface area contributed by atoms with Gasteiger partial charge in [-0.15, -0.1) is 18.2 Å². The van der Waals surface area contributed by atoms with E-state index in [0.29, 0.717) is 19.1 Å². The number of rotatable bonds is 12. The van der Waals surface area contributed by atoms with Crippen molar-refractivity contribution in [3.8, 4) is 17.7 Å². The summed E-state index contributed by atoms with van der Waals surface area (Å²) in [4.78, 5) is 7.67. The lowest BCUT2D eigenvalue weighted by atomic mass is 10.1. The molecule has 0 aliphatic rings. The predicted octanol–water partition coefficient (Wildman–Crippen LogP) is 5.24. The molecule has 0 atom stereocenters. The van der Waals surface area contributed by atoms with Crippen molar-refractivity contribution in [3.05, 3.63) is 48.8 Å². The number of hydrogen-bond acceptors (Lipinski definition) is 5. The molecule has 172 valence electrons. The zero-order valence-corrected chi connectivity index (χ0v) is 17.6. The zero-order chi connectivity index (χ0) is 23.1. The van der Waals surface area contributed by atoms with Gasteiger partial charge in [0.05, 0.1) is 6.61 Å². The Morgan fingerprint density at radius 1 is 0.969 bits per heavy atom. The number of pyridine rings is 1. The monoisotopic (exact) mass is 449 g/mol. The lowest BCUT2D eigenvalue weighted by molar-refractivity contribution is -0.275. The highest BCUT2D eigenvalue weighted by Crippen LogP contribution is 2.31. The van der Waals surface area contributed by atoms with E-state index >= 15 is 0 Å². The minimum atomic E-state index is -4.75. The molecular weight excluding hydrogens is 423 g/mol. The number of aromatic nitrogens is 1. The largest absolute Gasteiger partial charge is 0.573 e. The number of nitrogens with one attached hydrogen (secondary N) is 2. The normalized spacial score (nSPS) is 11.5. The van der Waals surface area contributed by atoms with Crippen LogP contribution in [-0.2, 0) is 0 Å². The Hall–Kier alpha value is -3.48. The molecule has 1 heterocycles. The fourth-order valence-corrected chi connectivity index (χ4v) is 2.84. The Kier molecular flexibility index (Phi) is 10.6. The highest BCUT2D eigenvalue weighted by atomic mass is 19.4. The summed E-state index contributed by atoms with van der Waals surface area (Å²) in [6.45, 7) is 1.01. The van der Waals surface area contributed by atoms with E-state index in [1.54, 1.807) is 36.8 Å². The molecule has 2 rings (SSSR count). The lowest BCUT2D eigenvalue weighted by Gasteiger charge is -2.13. The van der Waals surface area contributed by atoms with Crippen molar-refractivity contribution in [3.63, 3.8) is 0 Å². The molecule has 2 aromatic rings. The molecule has 0 aliphatic heterocycles. The highest BCUT2D eigenvalue weighted by Gasteiger charge is 2.32. The summed E-state index contributed by atoms with van der Waals surface area (Å²) in [7, 11) is 0. The van der Waals surface area contributed by atoms with E-state index in [4.69, 9.17) is 10.00 Å². The molecular formula is C22H26F3N5O2. The second kappa shape index (κ2) is 13.7. The van der Waals surface area contributed by atoms with Crippen LogP contribution in [0.4, 0.5) is 18.9 Å². The molecule has 0 radical (unpaired) electrons. The standard InChI is InChI=1S/C22H26F3N5O2/c23-22(24,25)32-20-10-6-5-9-19(20)31-16-8-4-2-1-3-7-13-28-21(29-17-26)30-18-11-14-27-15-12-18/h5-6,9-12,14-15H,1-4,7-8,13,16H2,(H2,27,28,29,30). The Balaban J connectivity index is 1.54. The van der Waals surface area contributed by atoms with Gasteiger partial charge in [-0.3, -0.25) is 4.98 Å². The van der Waals surface area contributed by atoms with Crippen molar-refractivity contribution in [2.24, 2.45) is 4.99 Å². The fraction of sp³-hybridized carbons (Fsp3) is 0.409. The molecule has 0 spiro atoms. The summed E-state index contributed by atoms with van der Waals surface area (Å²) < 4.78 is 46.6. The number of halogens is 3. The van der Waals surface area contributed by atoms with Crippen molar-refractivity contribution in [1.29, 1.82) is 5.26 Å². The van der Waals surface area contributed by atoms with Gasteiger partial charge in [0.15, 0.2) is 11.5 Å². The molecule has 1 aromatic heterocycles. The van der Waals surface area contributed by atoms with E-state index in [0.717, 1.165) is 44.2 Å². The molecule has 32 heavy (non-hydrogen) atoms. The Morgan fingerprint density at radius 2 is 1.62 bits per heavy atom.